The van der Waals surface area contributed by atoms with Crippen LogP contribution < -0.4 is 4.74 Å². The summed E-state index contributed by atoms with van der Waals surface area (Å²) >= 11 is 5.78. The Morgan fingerprint density at radius 2 is 2.10 bits per heavy atom. The number of rotatable bonds is 6. The summed E-state index contributed by atoms with van der Waals surface area (Å²) in [5.74, 6) is 1.20. The predicted molar refractivity (Wildman–Crippen MR) is 79.3 cm³/mol. The minimum Gasteiger partial charge on any atom is -0.491 e. The normalized spacial score (nSPS) is 12.7. The monoisotopic (exact) mass is 294 g/mol. The zero-order valence-electron chi connectivity index (χ0n) is 11.7. The van der Waals surface area contributed by atoms with Crippen molar-refractivity contribution in [3.63, 3.8) is 0 Å². The van der Waals surface area contributed by atoms with Crippen molar-refractivity contribution in [1.29, 1.82) is 0 Å². The van der Waals surface area contributed by atoms with Gasteiger partial charge in [0.1, 0.15) is 18.5 Å². The van der Waals surface area contributed by atoms with Crippen LogP contribution in [-0.4, -0.2) is 27.6 Å². The third-order valence-electron chi connectivity index (χ3n) is 2.97. The van der Waals surface area contributed by atoms with Crippen molar-refractivity contribution in [3.8, 4) is 5.75 Å². The SMILES string of the molecule is CC(C)c1ccccc1OCC(O)Cn1cc(Cl)cn1. The van der Waals surface area contributed by atoms with Gasteiger partial charge in [-0.2, -0.15) is 5.10 Å². The maximum atomic E-state index is 9.97. The summed E-state index contributed by atoms with van der Waals surface area (Å²) in [6.07, 6.45) is 2.59. The molecule has 2 rings (SSSR count). The summed E-state index contributed by atoms with van der Waals surface area (Å²) < 4.78 is 7.32. The fourth-order valence-electron chi connectivity index (χ4n) is 1.98. The molecule has 0 aliphatic carbocycles. The number of aliphatic hydroxyl groups is 1. The van der Waals surface area contributed by atoms with E-state index in [1.807, 2.05) is 24.3 Å². The van der Waals surface area contributed by atoms with E-state index in [0.29, 0.717) is 17.5 Å². The Bertz CT molecular complexity index is 554. The Kier molecular flexibility index (Phi) is 5.04. The second-order valence-corrected chi connectivity index (χ2v) is 5.47. The molecule has 0 spiro atoms. The van der Waals surface area contributed by atoms with Crippen LogP contribution in [0.3, 0.4) is 0 Å². The average Bonchev–Trinajstić information content (AvgIpc) is 2.82. The van der Waals surface area contributed by atoms with Crippen molar-refractivity contribution in [2.75, 3.05) is 6.61 Å². The van der Waals surface area contributed by atoms with Crippen LogP contribution in [0.5, 0.6) is 5.75 Å². The molecule has 4 nitrogen and oxygen atoms in total. The molecule has 2 aromatic rings. The van der Waals surface area contributed by atoms with E-state index in [1.54, 1.807) is 17.1 Å². The Morgan fingerprint density at radius 1 is 1.35 bits per heavy atom. The van der Waals surface area contributed by atoms with Gasteiger partial charge in [-0.1, -0.05) is 43.6 Å². The number of aromatic nitrogens is 2. The van der Waals surface area contributed by atoms with Gasteiger partial charge in [-0.25, -0.2) is 0 Å². The molecule has 0 bridgehead atoms. The molecule has 108 valence electrons. The van der Waals surface area contributed by atoms with E-state index in [0.717, 1.165) is 11.3 Å². The van der Waals surface area contributed by atoms with E-state index in [1.165, 1.54) is 0 Å². The van der Waals surface area contributed by atoms with E-state index in [2.05, 4.69) is 18.9 Å². The molecule has 0 radical (unpaired) electrons. The van der Waals surface area contributed by atoms with Crippen molar-refractivity contribution in [2.45, 2.75) is 32.4 Å². The lowest BCUT2D eigenvalue weighted by molar-refractivity contribution is 0.0887. The van der Waals surface area contributed by atoms with Crippen LogP contribution in [0.1, 0.15) is 25.3 Å². The number of para-hydroxylation sites is 1. The van der Waals surface area contributed by atoms with Gasteiger partial charge in [0.25, 0.3) is 0 Å². The molecule has 0 amide bonds. The molecule has 0 aliphatic rings. The van der Waals surface area contributed by atoms with Gasteiger partial charge in [0, 0.05) is 6.20 Å². The summed E-state index contributed by atoms with van der Waals surface area (Å²) in [6.45, 7) is 4.81. The first-order chi connectivity index (χ1) is 9.56. The highest BCUT2D eigenvalue weighted by molar-refractivity contribution is 6.30. The predicted octanol–water partition coefficient (Wildman–Crippen LogP) is 3.10. The second kappa shape index (κ2) is 6.77. The standard InChI is InChI=1S/C15H19ClN2O2/c1-11(2)14-5-3-4-6-15(14)20-10-13(19)9-18-8-12(16)7-17-18/h3-8,11,13,19H,9-10H2,1-2H3. The zero-order chi connectivity index (χ0) is 14.5. The fourth-order valence-corrected chi connectivity index (χ4v) is 2.14. The number of ether oxygens (including phenoxy) is 1. The lowest BCUT2D eigenvalue weighted by Crippen LogP contribution is -2.24. The van der Waals surface area contributed by atoms with Gasteiger partial charge >= 0.3 is 0 Å². The maximum absolute atomic E-state index is 9.97. The molecule has 0 saturated carbocycles. The average molecular weight is 295 g/mol. The van der Waals surface area contributed by atoms with Crippen LogP contribution in [0.15, 0.2) is 36.7 Å². The summed E-state index contributed by atoms with van der Waals surface area (Å²) in [4.78, 5) is 0. The van der Waals surface area contributed by atoms with Crippen LogP contribution in [0.25, 0.3) is 0 Å². The molecule has 1 aromatic carbocycles. The minimum absolute atomic E-state index is 0.223. The Labute approximate surface area is 123 Å². The molecule has 1 atom stereocenters. The molecular weight excluding hydrogens is 276 g/mol. The molecule has 1 unspecified atom stereocenters. The first-order valence-electron chi connectivity index (χ1n) is 6.64. The van der Waals surface area contributed by atoms with Gasteiger partial charge in [-0.3, -0.25) is 4.68 Å². The first-order valence-corrected chi connectivity index (χ1v) is 7.02. The van der Waals surface area contributed by atoms with Crippen LogP contribution in [0, 0.1) is 0 Å². The van der Waals surface area contributed by atoms with E-state index < -0.39 is 6.10 Å². The molecule has 1 aromatic heterocycles. The van der Waals surface area contributed by atoms with Crippen molar-refractivity contribution < 1.29 is 9.84 Å². The molecule has 1 heterocycles. The zero-order valence-corrected chi connectivity index (χ0v) is 12.4. The number of aliphatic hydroxyl groups excluding tert-OH is 1. The van der Waals surface area contributed by atoms with Gasteiger partial charge < -0.3 is 9.84 Å². The Hall–Kier alpha value is -1.52. The van der Waals surface area contributed by atoms with Crippen molar-refractivity contribution in [1.82, 2.24) is 9.78 Å². The van der Waals surface area contributed by atoms with Gasteiger partial charge in [0.15, 0.2) is 0 Å². The first kappa shape index (κ1) is 14.9. The molecular formula is C15H19ClN2O2. The number of halogens is 1. The Balaban J connectivity index is 1.91. The number of hydrogen-bond donors (Lipinski definition) is 1. The van der Waals surface area contributed by atoms with Crippen LogP contribution in [0.2, 0.25) is 5.02 Å². The summed E-state index contributed by atoms with van der Waals surface area (Å²) in [6, 6.07) is 7.89. The highest BCUT2D eigenvalue weighted by Gasteiger charge is 2.11. The smallest absolute Gasteiger partial charge is 0.122 e. The summed E-state index contributed by atoms with van der Waals surface area (Å²) in [5, 5.41) is 14.6. The molecule has 5 heteroatoms. The largest absolute Gasteiger partial charge is 0.491 e. The highest BCUT2D eigenvalue weighted by Crippen LogP contribution is 2.25. The molecule has 0 aliphatic heterocycles. The molecule has 20 heavy (non-hydrogen) atoms. The highest BCUT2D eigenvalue weighted by atomic mass is 35.5. The van der Waals surface area contributed by atoms with Crippen LogP contribution in [-0.2, 0) is 6.54 Å². The number of benzene rings is 1. The van der Waals surface area contributed by atoms with Gasteiger partial charge in [0.2, 0.25) is 0 Å². The third-order valence-corrected chi connectivity index (χ3v) is 3.17. The van der Waals surface area contributed by atoms with Crippen molar-refractivity contribution >= 4 is 11.6 Å². The quantitative estimate of drug-likeness (QED) is 0.890. The van der Waals surface area contributed by atoms with Gasteiger partial charge in [-0.05, 0) is 17.5 Å². The van der Waals surface area contributed by atoms with Gasteiger partial charge in [0.05, 0.1) is 17.8 Å². The maximum Gasteiger partial charge on any atom is 0.122 e. The molecule has 0 fully saturated rings. The summed E-state index contributed by atoms with van der Waals surface area (Å²) in [7, 11) is 0. The van der Waals surface area contributed by atoms with E-state index in [-0.39, 0.29) is 6.61 Å². The number of hydrogen-bond acceptors (Lipinski definition) is 3. The molecule has 1 N–H and O–H groups in total. The van der Waals surface area contributed by atoms with Gasteiger partial charge in [-0.15, -0.1) is 0 Å². The van der Waals surface area contributed by atoms with Crippen LogP contribution in [0.4, 0.5) is 0 Å². The topological polar surface area (TPSA) is 47.3 Å². The van der Waals surface area contributed by atoms with Crippen molar-refractivity contribution in [3.05, 3.63) is 47.2 Å². The lowest BCUT2D eigenvalue weighted by Gasteiger charge is -2.16. The van der Waals surface area contributed by atoms with E-state index in [4.69, 9.17) is 16.3 Å². The Morgan fingerprint density at radius 3 is 2.75 bits per heavy atom. The van der Waals surface area contributed by atoms with Crippen molar-refractivity contribution in [2.24, 2.45) is 0 Å². The third kappa shape index (κ3) is 3.99. The minimum atomic E-state index is -0.633. The summed E-state index contributed by atoms with van der Waals surface area (Å²) in [5.41, 5.74) is 1.14. The fraction of sp³-hybridized carbons (Fsp3) is 0.400. The van der Waals surface area contributed by atoms with Crippen LogP contribution >= 0.6 is 11.6 Å². The molecule has 0 saturated heterocycles. The second-order valence-electron chi connectivity index (χ2n) is 5.04. The lowest BCUT2D eigenvalue weighted by atomic mass is 10.0. The van der Waals surface area contributed by atoms with E-state index in [9.17, 15) is 5.11 Å². The number of nitrogens with zero attached hydrogens (tertiary/aromatic N) is 2. The van der Waals surface area contributed by atoms with E-state index >= 15 is 0 Å².